The second kappa shape index (κ2) is 8.24. The molecule has 1 atom stereocenters. The van der Waals surface area contributed by atoms with Gasteiger partial charge in [-0.1, -0.05) is 26.0 Å². The average Bonchev–Trinajstić information content (AvgIpc) is 3.37. The summed E-state index contributed by atoms with van der Waals surface area (Å²) in [5.74, 6) is -0.412. The van der Waals surface area contributed by atoms with Gasteiger partial charge in [0.15, 0.2) is 6.10 Å². The van der Waals surface area contributed by atoms with E-state index in [1.54, 1.807) is 15.9 Å². The van der Waals surface area contributed by atoms with E-state index in [9.17, 15) is 18.0 Å². The maximum absolute atomic E-state index is 13.3. The van der Waals surface area contributed by atoms with E-state index in [2.05, 4.69) is 10.1 Å². The highest BCUT2D eigenvalue weighted by molar-refractivity contribution is 5.84. The van der Waals surface area contributed by atoms with Crippen LogP contribution >= 0.6 is 0 Å². The summed E-state index contributed by atoms with van der Waals surface area (Å²) in [5.41, 5.74) is -0.504. The van der Waals surface area contributed by atoms with Crippen molar-refractivity contribution >= 4 is 5.91 Å². The maximum Gasteiger partial charge on any atom is 0.417 e. The number of aromatic nitrogens is 3. The zero-order chi connectivity index (χ0) is 23.8. The molecule has 4 rings (SSSR count). The van der Waals surface area contributed by atoms with Gasteiger partial charge in [0.2, 0.25) is 0 Å². The zero-order valence-corrected chi connectivity index (χ0v) is 17.9. The first-order valence-corrected chi connectivity index (χ1v) is 10.1. The van der Waals surface area contributed by atoms with Crippen molar-refractivity contribution < 1.29 is 22.7 Å². The van der Waals surface area contributed by atoms with Gasteiger partial charge >= 0.3 is 6.18 Å². The Bertz CT molecular complexity index is 1200. The van der Waals surface area contributed by atoms with E-state index in [0.29, 0.717) is 13.1 Å². The molecule has 0 bridgehead atoms. The van der Waals surface area contributed by atoms with Crippen LogP contribution in [-0.2, 0) is 17.5 Å². The van der Waals surface area contributed by atoms with Crippen molar-refractivity contribution in [3.63, 3.8) is 0 Å². The van der Waals surface area contributed by atoms with Gasteiger partial charge in [-0.05, 0) is 35.9 Å². The number of benzene rings is 2. The summed E-state index contributed by atoms with van der Waals surface area (Å²) in [6.45, 7) is 4.38. The molecule has 7 nitrogen and oxygen atoms in total. The minimum atomic E-state index is -4.70. The molecule has 1 aliphatic rings. The topological polar surface area (TPSA) is 84.0 Å². The van der Waals surface area contributed by atoms with Crippen molar-refractivity contribution in [3.05, 3.63) is 71.8 Å². The molecule has 1 unspecified atom stereocenters. The summed E-state index contributed by atoms with van der Waals surface area (Å²) in [6.07, 6.45) is -2.65. The molecular formula is C23H20F3N5O2. The molecule has 0 saturated carbocycles. The number of halogens is 3. The third-order valence-corrected chi connectivity index (χ3v) is 5.51. The second-order valence-corrected chi connectivity index (χ2v) is 8.50. The smallest absolute Gasteiger partial charge is 0.417 e. The Hall–Kier alpha value is -3.87. The lowest BCUT2D eigenvalue weighted by atomic mass is 9.89. The Morgan fingerprint density at radius 2 is 1.94 bits per heavy atom. The number of nitriles is 1. The predicted molar refractivity (Wildman–Crippen MR) is 111 cm³/mol. The highest BCUT2D eigenvalue weighted by atomic mass is 19.4. The molecule has 0 aliphatic carbocycles. The highest BCUT2D eigenvalue weighted by Crippen LogP contribution is 2.38. The van der Waals surface area contributed by atoms with Crippen LogP contribution in [0.15, 0.2) is 55.1 Å². The third-order valence-electron chi connectivity index (χ3n) is 5.51. The van der Waals surface area contributed by atoms with Crippen LogP contribution in [0.5, 0.6) is 5.75 Å². The number of rotatable bonds is 5. The number of alkyl halides is 3. The summed E-state index contributed by atoms with van der Waals surface area (Å²) < 4.78 is 47.2. The molecule has 33 heavy (non-hydrogen) atoms. The zero-order valence-electron chi connectivity index (χ0n) is 17.9. The number of amides is 1. The molecule has 1 aliphatic heterocycles. The van der Waals surface area contributed by atoms with Crippen molar-refractivity contribution in [1.29, 1.82) is 5.26 Å². The largest absolute Gasteiger partial charge is 0.480 e. The van der Waals surface area contributed by atoms with Crippen molar-refractivity contribution in [2.45, 2.75) is 32.7 Å². The minimum absolute atomic E-state index is 0.105. The summed E-state index contributed by atoms with van der Waals surface area (Å²) >= 11 is 0. The fourth-order valence-corrected chi connectivity index (χ4v) is 3.88. The van der Waals surface area contributed by atoms with Crippen LogP contribution < -0.4 is 4.74 Å². The van der Waals surface area contributed by atoms with Gasteiger partial charge in [-0.3, -0.25) is 4.79 Å². The SMILES string of the molecule is CC1(C)CN(Cc2ccc(-n3cncn3)cc2)C(=O)C1Oc1ccc(C#N)c(C(F)(F)F)c1. The Morgan fingerprint density at radius 3 is 2.55 bits per heavy atom. The van der Waals surface area contributed by atoms with E-state index < -0.39 is 28.8 Å². The van der Waals surface area contributed by atoms with Crippen molar-refractivity contribution in [2.24, 2.45) is 5.41 Å². The molecule has 2 heterocycles. The first kappa shape index (κ1) is 22.3. The van der Waals surface area contributed by atoms with Crippen LogP contribution in [0.4, 0.5) is 13.2 Å². The summed E-state index contributed by atoms with van der Waals surface area (Å²) in [7, 11) is 0. The van der Waals surface area contributed by atoms with Crippen LogP contribution in [0.3, 0.4) is 0 Å². The number of ether oxygens (including phenoxy) is 1. The molecule has 1 aromatic heterocycles. The van der Waals surface area contributed by atoms with E-state index in [1.165, 1.54) is 18.5 Å². The van der Waals surface area contributed by atoms with Crippen LogP contribution in [-0.4, -0.2) is 38.2 Å². The average molecular weight is 455 g/mol. The Labute approximate surface area is 188 Å². The van der Waals surface area contributed by atoms with Gasteiger partial charge in [0.25, 0.3) is 5.91 Å². The lowest BCUT2D eigenvalue weighted by molar-refractivity contribution is -0.138. The van der Waals surface area contributed by atoms with Crippen LogP contribution in [0.25, 0.3) is 5.69 Å². The van der Waals surface area contributed by atoms with Crippen LogP contribution in [0.2, 0.25) is 0 Å². The first-order chi connectivity index (χ1) is 15.6. The fourth-order valence-electron chi connectivity index (χ4n) is 3.88. The molecule has 1 amide bonds. The van der Waals surface area contributed by atoms with Crippen LogP contribution in [0.1, 0.15) is 30.5 Å². The van der Waals surface area contributed by atoms with E-state index >= 15 is 0 Å². The van der Waals surface area contributed by atoms with E-state index in [1.807, 2.05) is 38.1 Å². The molecule has 1 fully saturated rings. The maximum atomic E-state index is 13.3. The van der Waals surface area contributed by atoms with Gasteiger partial charge in [-0.25, -0.2) is 9.67 Å². The summed E-state index contributed by atoms with van der Waals surface area (Å²) in [4.78, 5) is 18.6. The number of hydrogen-bond donors (Lipinski definition) is 0. The second-order valence-electron chi connectivity index (χ2n) is 8.50. The first-order valence-electron chi connectivity index (χ1n) is 10.1. The minimum Gasteiger partial charge on any atom is -0.480 e. The van der Waals surface area contributed by atoms with Crippen molar-refractivity contribution in [3.8, 4) is 17.5 Å². The number of carbonyl (C=O) groups is 1. The number of hydrogen-bond acceptors (Lipinski definition) is 5. The molecule has 10 heteroatoms. The van der Waals surface area contributed by atoms with Gasteiger partial charge in [-0.15, -0.1) is 0 Å². The molecule has 2 aromatic carbocycles. The standard InChI is InChI=1S/C23H20F3N5O2/c1-22(2)12-30(11-15-3-6-17(7-4-15)31-14-28-13-29-31)21(32)20(22)33-18-8-5-16(10-27)19(9-18)23(24,25)26/h3-9,13-14,20H,11-12H2,1-2H3. The van der Waals surface area contributed by atoms with Crippen molar-refractivity contribution in [2.75, 3.05) is 6.54 Å². The molecule has 0 spiro atoms. The molecule has 170 valence electrons. The van der Waals surface area contributed by atoms with Gasteiger partial charge in [0, 0.05) is 18.5 Å². The van der Waals surface area contributed by atoms with Crippen LogP contribution in [0, 0.1) is 16.7 Å². The van der Waals surface area contributed by atoms with E-state index in [-0.39, 0.29) is 11.7 Å². The Kier molecular flexibility index (Phi) is 5.57. The predicted octanol–water partition coefficient (Wildman–Crippen LogP) is 3.97. The number of carbonyl (C=O) groups excluding carboxylic acids is 1. The molecule has 1 saturated heterocycles. The quantitative estimate of drug-likeness (QED) is 0.581. The lowest BCUT2D eigenvalue weighted by Gasteiger charge is -2.24. The monoisotopic (exact) mass is 455 g/mol. The molecule has 0 radical (unpaired) electrons. The molecule has 0 N–H and O–H groups in total. The van der Waals surface area contributed by atoms with Gasteiger partial charge in [0.1, 0.15) is 18.4 Å². The Balaban J connectivity index is 1.51. The van der Waals surface area contributed by atoms with Gasteiger partial charge in [-0.2, -0.15) is 23.5 Å². The van der Waals surface area contributed by atoms with E-state index in [4.69, 9.17) is 10.00 Å². The van der Waals surface area contributed by atoms with Gasteiger partial charge in [0.05, 0.1) is 22.9 Å². The summed E-state index contributed by atoms with van der Waals surface area (Å²) in [5, 5.41) is 13.0. The number of likely N-dealkylation sites (tertiary alicyclic amines) is 1. The van der Waals surface area contributed by atoms with Crippen molar-refractivity contribution in [1.82, 2.24) is 19.7 Å². The number of nitrogens with zero attached hydrogens (tertiary/aromatic N) is 5. The molecular weight excluding hydrogens is 435 g/mol. The lowest BCUT2D eigenvalue weighted by Crippen LogP contribution is -2.36. The van der Waals surface area contributed by atoms with Gasteiger partial charge < -0.3 is 9.64 Å². The highest BCUT2D eigenvalue weighted by Gasteiger charge is 2.48. The fraction of sp³-hybridized carbons (Fsp3) is 0.304. The normalized spacial score (nSPS) is 17.8. The molecule has 3 aromatic rings. The Morgan fingerprint density at radius 1 is 1.21 bits per heavy atom. The summed E-state index contributed by atoms with van der Waals surface area (Å²) in [6, 6.07) is 12.1. The third kappa shape index (κ3) is 4.53. The van der Waals surface area contributed by atoms with E-state index in [0.717, 1.165) is 23.4 Å².